The second kappa shape index (κ2) is 8.16. The summed E-state index contributed by atoms with van der Waals surface area (Å²) < 4.78 is 15.2. The Balaban J connectivity index is 1.28. The number of thiazole rings is 1. The number of rotatable bonds is 7. The molecule has 0 aliphatic carbocycles. The van der Waals surface area contributed by atoms with Crippen LogP contribution in [0.4, 0.5) is 0 Å². The molecule has 1 aromatic carbocycles. The molecule has 0 bridgehead atoms. The molecule has 0 spiro atoms. The molecule has 0 saturated heterocycles. The number of benzene rings is 1. The van der Waals surface area contributed by atoms with E-state index in [0.29, 0.717) is 0 Å². The molecule has 3 aromatic heterocycles. The van der Waals surface area contributed by atoms with Gasteiger partial charge in [0, 0.05) is 48.6 Å². The number of hydrogen-bond acceptors (Lipinski definition) is 7. The number of hydrogen-bond donors (Lipinski definition) is 0. The number of nitrogens with zero attached hydrogens (tertiary/aromatic N) is 5. The molecule has 0 amide bonds. The van der Waals surface area contributed by atoms with E-state index in [9.17, 15) is 0 Å². The molecule has 1 aliphatic heterocycles. The van der Waals surface area contributed by atoms with Crippen LogP contribution in [-0.4, -0.2) is 31.1 Å². The highest BCUT2D eigenvalue weighted by atomic mass is 32.2. The summed E-state index contributed by atoms with van der Waals surface area (Å²) in [5.41, 5.74) is 3.30. The Morgan fingerprint density at radius 1 is 1.17 bits per heavy atom. The summed E-state index contributed by atoms with van der Waals surface area (Å²) in [6.07, 6.45) is 2.83. The minimum Gasteiger partial charge on any atom is -0.454 e. The van der Waals surface area contributed by atoms with E-state index in [-0.39, 0.29) is 6.79 Å². The monoisotopic (exact) mass is 439 g/mol. The van der Waals surface area contributed by atoms with Crippen molar-refractivity contribution in [2.45, 2.75) is 30.8 Å². The zero-order valence-corrected chi connectivity index (χ0v) is 18.4. The fraction of sp³-hybridized carbons (Fsp3) is 0.286. The molecule has 0 unspecified atom stereocenters. The van der Waals surface area contributed by atoms with Crippen LogP contribution < -0.4 is 9.47 Å². The van der Waals surface area contributed by atoms with E-state index in [4.69, 9.17) is 14.5 Å². The van der Waals surface area contributed by atoms with Gasteiger partial charge in [-0.05, 0) is 37.3 Å². The van der Waals surface area contributed by atoms with Gasteiger partial charge in [-0.15, -0.1) is 21.5 Å². The number of aromatic nitrogens is 5. The van der Waals surface area contributed by atoms with E-state index in [1.807, 2.05) is 18.2 Å². The predicted octanol–water partition coefficient (Wildman–Crippen LogP) is 4.37. The van der Waals surface area contributed by atoms with E-state index in [2.05, 4.69) is 57.0 Å². The van der Waals surface area contributed by atoms with Crippen molar-refractivity contribution in [1.82, 2.24) is 24.3 Å². The van der Waals surface area contributed by atoms with Gasteiger partial charge in [-0.1, -0.05) is 11.8 Å². The lowest BCUT2D eigenvalue weighted by Gasteiger charge is -2.07. The van der Waals surface area contributed by atoms with Crippen LogP contribution in [0.25, 0.3) is 10.6 Å². The Hall–Kier alpha value is -2.78. The van der Waals surface area contributed by atoms with Crippen LogP contribution in [0.5, 0.6) is 11.5 Å². The summed E-state index contributed by atoms with van der Waals surface area (Å²) in [5.74, 6) is 3.31. The summed E-state index contributed by atoms with van der Waals surface area (Å²) in [4.78, 5) is 4.80. The van der Waals surface area contributed by atoms with Crippen molar-refractivity contribution in [3.05, 3.63) is 59.1 Å². The molecule has 0 atom stereocenters. The third-order valence-corrected chi connectivity index (χ3v) is 6.96. The molecular formula is C21H21N5O2S2. The third-order valence-electron chi connectivity index (χ3n) is 5.02. The lowest BCUT2D eigenvalue weighted by atomic mass is 10.2. The lowest BCUT2D eigenvalue weighted by Crippen LogP contribution is -2.06. The quantitative estimate of drug-likeness (QED) is 0.398. The largest absolute Gasteiger partial charge is 0.454 e. The first-order chi connectivity index (χ1) is 14.7. The average Bonchev–Trinajstić information content (AvgIpc) is 3.54. The molecule has 5 rings (SSSR count). The molecule has 154 valence electrons. The minimum absolute atomic E-state index is 0.280. The molecule has 0 fully saturated rings. The molecule has 1 aliphatic rings. The predicted molar refractivity (Wildman–Crippen MR) is 117 cm³/mol. The van der Waals surface area contributed by atoms with Gasteiger partial charge in [0.15, 0.2) is 16.7 Å². The van der Waals surface area contributed by atoms with Gasteiger partial charge in [-0.25, -0.2) is 4.98 Å². The maximum absolute atomic E-state index is 5.48. The van der Waals surface area contributed by atoms with Gasteiger partial charge in [0.25, 0.3) is 0 Å². The maximum atomic E-state index is 5.48. The van der Waals surface area contributed by atoms with Crippen molar-refractivity contribution in [3.63, 3.8) is 0 Å². The maximum Gasteiger partial charge on any atom is 0.231 e. The van der Waals surface area contributed by atoms with Gasteiger partial charge in [0.1, 0.15) is 10.8 Å². The van der Waals surface area contributed by atoms with Gasteiger partial charge in [-0.3, -0.25) is 0 Å². The van der Waals surface area contributed by atoms with Crippen LogP contribution in [0, 0.1) is 0 Å². The Kier molecular flexibility index (Phi) is 5.22. The number of fused-ring (bicyclic) bond motifs is 1. The van der Waals surface area contributed by atoms with Gasteiger partial charge >= 0.3 is 0 Å². The van der Waals surface area contributed by atoms with E-state index in [1.54, 1.807) is 23.1 Å². The van der Waals surface area contributed by atoms with Crippen molar-refractivity contribution in [2.75, 3.05) is 6.79 Å². The highest BCUT2D eigenvalue weighted by molar-refractivity contribution is 7.98. The summed E-state index contributed by atoms with van der Waals surface area (Å²) >= 11 is 3.31. The first kappa shape index (κ1) is 19.2. The SMILES string of the molecule is CCn1c(Cc2cccn2C)nnc1SCc1csc(-c2ccc3c(c2)OCO3)n1. The molecule has 9 heteroatoms. The Morgan fingerprint density at radius 3 is 2.90 bits per heavy atom. The number of ether oxygens (including phenoxy) is 2. The van der Waals surface area contributed by atoms with E-state index in [0.717, 1.165) is 57.5 Å². The molecule has 0 saturated carbocycles. The first-order valence-corrected chi connectivity index (χ1v) is 11.6. The highest BCUT2D eigenvalue weighted by Gasteiger charge is 2.16. The molecule has 0 radical (unpaired) electrons. The summed E-state index contributed by atoms with van der Waals surface area (Å²) in [7, 11) is 2.05. The van der Waals surface area contributed by atoms with E-state index < -0.39 is 0 Å². The topological polar surface area (TPSA) is 67.0 Å². The number of thioether (sulfide) groups is 1. The molecule has 30 heavy (non-hydrogen) atoms. The van der Waals surface area contributed by atoms with Crippen molar-refractivity contribution in [3.8, 4) is 22.1 Å². The van der Waals surface area contributed by atoms with Crippen LogP contribution in [-0.2, 0) is 25.8 Å². The Labute approximate surface area is 182 Å². The molecular weight excluding hydrogens is 418 g/mol. The summed E-state index contributed by atoms with van der Waals surface area (Å²) in [6, 6.07) is 10.1. The van der Waals surface area contributed by atoms with Crippen LogP contribution in [0.1, 0.15) is 24.1 Å². The fourth-order valence-electron chi connectivity index (χ4n) is 3.39. The Morgan fingerprint density at radius 2 is 2.07 bits per heavy atom. The lowest BCUT2D eigenvalue weighted by molar-refractivity contribution is 0.174. The zero-order chi connectivity index (χ0) is 20.5. The summed E-state index contributed by atoms with van der Waals surface area (Å²) in [5, 5.41) is 12.9. The normalized spacial score (nSPS) is 12.6. The molecule has 7 nitrogen and oxygen atoms in total. The fourth-order valence-corrected chi connectivity index (χ4v) is 5.23. The standard InChI is InChI=1S/C21H21N5O2S2/c1-3-26-19(10-16-5-4-8-25(16)2)23-24-21(26)30-12-15-11-29-20(22-15)14-6-7-17-18(9-14)28-13-27-17/h4-9,11H,3,10,12-13H2,1-2H3. The van der Waals surface area contributed by atoms with Crippen molar-refractivity contribution in [2.24, 2.45) is 7.05 Å². The molecule has 0 N–H and O–H groups in total. The first-order valence-electron chi connectivity index (χ1n) is 9.70. The average molecular weight is 440 g/mol. The molecule has 4 heterocycles. The van der Waals surface area contributed by atoms with Gasteiger partial charge in [0.2, 0.25) is 6.79 Å². The second-order valence-electron chi connectivity index (χ2n) is 6.93. The summed E-state index contributed by atoms with van der Waals surface area (Å²) in [6.45, 7) is 3.25. The van der Waals surface area contributed by atoms with Gasteiger partial charge in [-0.2, -0.15) is 0 Å². The molecule has 4 aromatic rings. The highest BCUT2D eigenvalue weighted by Crippen LogP contribution is 2.37. The van der Waals surface area contributed by atoms with Crippen LogP contribution in [0.2, 0.25) is 0 Å². The third kappa shape index (κ3) is 3.70. The van der Waals surface area contributed by atoms with Gasteiger partial charge in [0.05, 0.1) is 5.69 Å². The van der Waals surface area contributed by atoms with Crippen LogP contribution in [0.3, 0.4) is 0 Å². The number of aryl methyl sites for hydroxylation is 1. The second-order valence-corrected chi connectivity index (χ2v) is 8.73. The van der Waals surface area contributed by atoms with Crippen molar-refractivity contribution < 1.29 is 9.47 Å². The Bertz CT molecular complexity index is 1180. The van der Waals surface area contributed by atoms with Crippen LogP contribution in [0.15, 0.2) is 47.1 Å². The van der Waals surface area contributed by atoms with E-state index in [1.165, 1.54) is 5.69 Å². The van der Waals surface area contributed by atoms with Crippen molar-refractivity contribution in [1.29, 1.82) is 0 Å². The van der Waals surface area contributed by atoms with Crippen molar-refractivity contribution >= 4 is 23.1 Å². The van der Waals surface area contributed by atoms with E-state index >= 15 is 0 Å². The van der Waals surface area contributed by atoms with Crippen LogP contribution >= 0.6 is 23.1 Å². The zero-order valence-electron chi connectivity index (χ0n) is 16.7. The van der Waals surface area contributed by atoms with Gasteiger partial charge < -0.3 is 18.6 Å². The smallest absolute Gasteiger partial charge is 0.231 e. The minimum atomic E-state index is 0.280.